The van der Waals surface area contributed by atoms with Crippen LogP contribution < -0.4 is 9.62 Å². The van der Waals surface area contributed by atoms with Crippen molar-refractivity contribution in [2.24, 2.45) is 0 Å². The second-order valence-corrected chi connectivity index (χ2v) is 8.44. The lowest BCUT2D eigenvalue weighted by atomic mass is 10.2. The molecule has 1 amide bonds. The average Bonchev–Trinajstić information content (AvgIpc) is 2.51. The van der Waals surface area contributed by atoms with Crippen LogP contribution in [0, 0.1) is 0 Å². The number of hydrogen-bond donors (Lipinski definition) is 1. The van der Waals surface area contributed by atoms with E-state index in [0.29, 0.717) is 10.7 Å². The number of halogens is 3. The Labute approximate surface area is 161 Å². The zero-order valence-corrected chi connectivity index (χ0v) is 16.4. The molecule has 2 aromatic rings. The highest BCUT2D eigenvalue weighted by Crippen LogP contribution is 2.30. The van der Waals surface area contributed by atoms with Gasteiger partial charge in [-0.1, -0.05) is 34.8 Å². The van der Waals surface area contributed by atoms with Crippen molar-refractivity contribution in [2.45, 2.75) is 13.0 Å². The van der Waals surface area contributed by atoms with Crippen LogP contribution in [-0.4, -0.2) is 26.6 Å². The lowest BCUT2D eigenvalue weighted by Gasteiger charge is -2.28. The van der Waals surface area contributed by atoms with E-state index in [1.807, 2.05) is 0 Å². The first-order valence-corrected chi connectivity index (χ1v) is 10.1. The number of rotatable bonds is 5. The highest BCUT2D eigenvalue weighted by Gasteiger charge is 2.29. The molecule has 0 aliphatic heterocycles. The SMILES string of the molecule is C[C@@H](C(=O)Nc1ccc(Cl)cc1)N(c1ccc(Cl)c(Cl)c1)S(C)(=O)=O. The van der Waals surface area contributed by atoms with Gasteiger partial charge < -0.3 is 5.32 Å². The summed E-state index contributed by atoms with van der Waals surface area (Å²) in [6, 6.07) is 9.83. The van der Waals surface area contributed by atoms with E-state index < -0.39 is 22.0 Å². The molecule has 0 heterocycles. The predicted molar refractivity (Wildman–Crippen MR) is 103 cm³/mol. The molecule has 0 fully saturated rings. The van der Waals surface area contributed by atoms with Crippen LogP contribution in [0.1, 0.15) is 6.92 Å². The van der Waals surface area contributed by atoms with Crippen LogP contribution in [0.2, 0.25) is 15.1 Å². The molecule has 0 saturated heterocycles. The molecule has 1 N–H and O–H groups in total. The monoisotopic (exact) mass is 420 g/mol. The summed E-state index contributed by atoms with van der Waals surface area (Å²) in [4.78, 5) is 12.5. The second kappa shape index (κ2) is 7.83. The van der Waals surface area contributed by atoms with Crippen LogP contribution in [0.15, 0.2) is 42.5 Å². The third kappa shape index (κ3) is 5.01. The minimum atomic E-state index is -3.74. The summed E-state index contributed by atoms with van der Waals surface area (Å²) in [5.41, 5.74) is 0.750. The van der Waals surface area contributed by atoms with Gasteiger partial charge in [-0.05, 0) is 49.4 Å². The van der Waals surface area contributed by atoms with Crippen molar-refractivity contribution >= 4 is 62.1 Å². The highest BCUT2D eigenvalue weighted by atomic mass is 35.5. The number of carbonyl (C=O) groups excluding carboxylic acids is 1. The standard InChI is InChI=1S/C16H15Cl3N2O3S/c1-10(16(22)20-12-5-3-11(17)4-6-12)21(25(2,23)24)13-7-8-14(18)15(19)9-13/h3-10H,1-2H3,(H,20,22)/t10-/m0/s1. The zero-order chi connectivity index (χ0) is 18.8. The van der Waals surface area contributed by atoms with Crippen LogP contribution in [0.4, 0.5) is 11.4 Å². The molecular formula is C16H15Cl3N2O3S. The Morgan fingerprint density at radius 3 is 2.16 bits per heavy atom. The van der Waals surface area contributed by atoms with Gasteiger partial charge >= 0.3 is 0 Å². The summed E-state index contributed by atoms with van der Waals surface area (Å²) in [7, 11) is -3.74. The van der Waals surface area contributed by atoms with Crippen molar-refractivity contribution in [1.29, 1.82) is 0 Å². The van der Waals surface area contributed by atoms with Crippen molar-refractivity contribution in [3.05, 3.63) is 57.5 Å². The molecule has 0 aliphatic carbocycles. The lowest BCUT2D eigenvalue weighted by molar-refractivity contribution is -0.116. The van der Waals surface area contributed by atoms with E-state index in [9.17, 15) is 13.2 Å². The lowest BCUT2D eigenvalue weighted by Crippen LogP contribution is -2.45. The average molecular weight is 422 g/mol. The Balaban J connectivity index is 2.32. The fraction of sp³-hybridized carbons (Fsp3) is 0.188. The number of nitrogens with one attached hydrogen (secondary N) is 1. The van der Waals surface area contributed by atoms with Gasteiger partial charge in [0.2, 0.25) is 15.9 Å². The molecule has 134 valence electrons. The number of amides is 1. The molecule has 2 aromatic carbocycles. The summed E-state index contributed by atoms with van der Waals surface area (Å²) < 4.78 is 25.4. The van der Waals surface area contributed by atoms with Crippen LogP contribution >= 0.6 is 34.8 Å². The van der Waals surface area contributed by atoms with Gasteiger partial charge in [-0.25, -0.2) is 8.42 Å². The van der Waals surface area contributed by atoms with Crippen molar-refractivity contribution in [2.75, 3.05) is 15.9 Å². The Kier molecular flexibility index (Phi) is 6.21. The third-order valence-corrected chi connectivity index (χ3v) is 5.59. The summed E-state index contributed by atoms with van der Waals surface area (Å²) in [5.74, 6) is -0.501. The maximum absolute atomic E-state index is 12.5. The molecule has 25 heavy (non-hydrogen) atoms. The summed E-state index contributed by atoms with van der Waals surface area (Å²) in [6.45, 7) is 1.48. The Bertz CT molecular complexity index is 886. The van der Waals surface area contributed by atoms with E-state index in [1.165, 1.54) is 25.1 Å². The molecule has 0 radical (unpaired) electrons. The first-order chi connectivity index (χ1) is 11.6. The summed E-state index contributed by atoms with van der Waals surface area (Å²) in [6.07, 6.45) is 1.02. The molecule has 0 spiro atoms. The van der Waals surface area contributed by atoms with E-state index in [2.05, 4.69) is 5.32 Å². The van der Waals surface area contributed by atoms with Gasteiger partial charge in [0.05, 0.1) is 22.0 Å². The van der Waals surface area contributed by atoms with E-state index in [-0.39, 0.29) is 15.7 Å². The Morgan fingerprint density at radius 2 is 1.64 bits per heavy atom. The van der Waals surface area contributed by atoms with Gasteiger partial charge in [-0.3, -0.25) is 9.10 Å². The maximum Gasteiger partial charge on any atom is 0.247 e. The molecule has 0 unspecified atom stereocenters. The molecule has 5 nitrogen and oxygen atoms in total. The van der Waals surface area contributed by atoms with Gasteiger partial charge in [0, 0.05) is 10.7 Å². The van der Waals surface area contributed by atoms with Crippen LogP contribution in [-0.2, 0) is 14.8 Å². The predicted octanol–water partition coefficient (Wildman–Crippen LogP) is 4.44. The van der Waals surface area contributed by atoms with Crippen molar-refractivity contribution in [3.8, 4) is 0 Å². The molecular weight excluding hydrogens is 407 g/mol. The Hall–Kier alpha value is -1.47. The smallest absolute Gasteiger partial charge is 0.247 e. The molecule has 0 saturated carbocycles. The molecule has 0 aliphatic rings. The van der Waals surface area contributed by atoms with E-state index in [1.54, 1.807) is 24.3 Å². The number of sulfonamides is 1. The molecule has 0 aromatic heterocycles. The van der Waals surface area contributed by atoms with Gasteiger partial charge in [0.25, 0.3) is 0 Å². The third-order valence-electron chi connectivity index (χ3n) is 3.36. The van der Waals surface area contributed by atoms with Gasteiger partial charge in [-0.15, -0.1) is 0 Å². The first kappa shape index (κ1) is 19.8. The minimum Gasteiger partial charge on any atom is -0.324 e. The van der Waals surface area contributed by atoms with Gasteiger partial charge in [0.15, 0.2) is 0 Å². The van der Waals surface area contributed by atoms with Crippen molar-refractivity contribution in [3.63, 3.8) is 0 Å². The quantitative estimate of drug-likeness (QED) is 0.776. The van der Waals surface area contributed by atoms with Crippen molar-refractivity contribution in [1.82, 2.24) is 0 Å². The first-order valence-electron chi connectivity index (χ1n) is 7.10. The molecule has 9 heteroatoms. The summed E-state index contributed by atoms with van der Waals surface area (Å²) >= 11 is 17.6. The number of anilines is 2. The largest absolute Gasteiger partial charge is 0.324 e. The number of carbonyl (C=O) groups is 1. The van der Waals surface area contributed by atoms with Gasteiger partial charge in [0.1, 0.15) is 6.04 Å². The second-order valence-electron chi connectivity index (χ2n) is 5.33. The Morgan fingerprint density at radius 1 is 1.04 bits per heavy atom. The van der Waals surface area contributed by atoms with E-state index in [4.69, 9.17) is 34.8 Å². The van der Waals surface area contributed by atoms with Crippen molar-refractivity contribution < 1.29 is 13.2 Å². The number of benzene rings is 2. The minimum absolute atomic E-state index is 0.193. The highest BCUT2D eigenvalue weighted by molar-refractivity contribution is 7.92. The number of hydrogen-bond acceptors (Lipinski definition) is 3. The molecule has 2 rings (SSSR count). The van der Waals surface area contributed by atoms with Crippen LogP contribution in [0.25, 0.3) is 0 Å². The summed E-state index contributed by atoms with van der Waals surface area (Å²) in [5, 5.41) is 3.66. The molecule has 0 bridgehead atoms. The fourth-order valence-electron chi connectivity index (χ4n) is 2.21. The normalized spacial score (nSPS) is 12.5. The maximum atomic E-state index is 12.5. The van der Waals surface area contributed by atoms with E-state index in [0.717, 1.165) is 10.6 Å². The topological polar surface area (TPSA) is 66.5 Å². The van der Waals surface area contributed by atoms with Crippen LogP contribution in [0.5, 0.6) is 0 Å². The van der Waals surface area contributed by atoms with E-state index >= 15 is 0 Å². The number of nitrogens with zero attached hydrogens (tertiary/aromatic N) is 1. The molecule has 1 atom stereocenters. The fourth-order valence-corrected chi connectivity index (χ4v) is 3.80. The van der Waals surface area contributed by atoms with Crippen LogP contribution in [0.3, 0.4) is 0 Å². The van der Waals surface area contributed by atoms with Gasteiger partial charge in [-0.2, -0.15) is 0 Å². The zero-order valence-electron chi connectivity index (χ0n) is 13.3.